The lowest BCUT2D eigenvalue weighted by atomic mass is 9.32. The Labute approximate surface area is 219 Å². The monoisotopic (exact) mass is 522 g/mol. The van der Waals surface area contributed by atoms with Gasteiger partial charge in [0, 0.05) is 0 Å². The number of hydrogen-bond donors (Lipinski definition) is 3. The van der Waals surface area contributed by atoms with Gasteiger partial charge in [-0.05, 0) is 128 Å². The molecule has 0 aromatic carbocycles. The minimum atomic E-state index is -4.51. The predicted octanol–water partition coefficient (Wildman–Crippen LogP) is 7.11. The van der Waals surface area contributed by atoms with Crippen molar-refractivity contribution in [1.82, 2.24) is 0 Å². The summed E-state index contributed by atoms with van der Waals surface area (Å²) in [6.07, 6.45) is 10.8. The topological polar surface area (TPSA) is 87.0 Å². The quantitative estimate of drug-likeness (QED) is 0.270. The third-order valence-corrected chi connectivity index (χ3v) is 14.2. The van der Waals surface area contributed by atoms with Crippen molar-refractivity contribution in [2.45, 2.75) is 112 Å². The Morgan fingerprint density at radius 1 is 0.889 bits per heavy atom. The van der Waals surface area contributed by atoms with Crippen molar-refractivity contribution in [3.8, 4) is 0 Å². The van der Waals surface area contributed by atoms with Gasteiger partial charge in [0.05, 0.1) is 12.7 Å². The fourth-order valence-corrected chi connectivity index (χ4v) is 12.2. The fraction of sp³-hybridized carbons (Fsp3) is 0.933. The molecule has 0 saturated heterocycles. The average Bonchev–Trinajstić information content (AvgIpc) is 3.16. The van der Waals surface area contributed by atoms with Gasteiger partial charge in [-0.25, -0.2) is 4.57 Å². The molecule has 6 heteroatoms. The maximum atomic E-state index is 11.7. The first-order chi connectivity index (χ1) is 16.5. The Morgan fingerprint density at radius 2 is 1.58 bits per heavy atom. The van der Waals surface area contributed by atoms with E-state index in [1.165, 1.54) is 31.3 Å². The van der Waals surface area contributed by atoms with E-state index in [1.807, 2.05) is 0 Å². The summed E-state index contributed by atoms with van der Waals surface area (Å²) in [7, 11) is -4.51. The maximum Gasteiger partial charge on any atom is 0.469 e. The molecular weight excluding hydrogens is 471 g/mol. The number of hydrogen-bond acceptors (Lipinski definition) is 3. The van der Waals surface area contributed by atoms with Gasteiger partial charge in [-0.15, -0.1) is 0 Å². The van der Waals surface area contributed by atoms with Gasteiger partial charge >= 0.3 is 7.82 Å². The number of fused-ring (bicyclic) bond motifs is 7. The van der Waals surface area contributed by atoms with Crippen molar-refractivity contribution in [2.24, 2.45) is 56.7 Å². The van der Waals surface area contributed by atoms with Crippen molar-refractivity contribution in [1.29, 1.82) is 0 Å². The molecule has 5 aliphatic carbocycles. The molecule has 5 rings (SSSR count). The smallest absolute Gasteiger partial charge is 0.393 e. The third kappa shape index (κ3) is 3.65. The highest BCUT2D eigenvalue weighted by atomic mass is 31.2. The van der Waals surface area contributed by atoms with E-state index in [0.29, 0.717) is 29.6 Å². The van der Waals surface area contributed by atoms with Gasteiger partial charge in [-0.1, -0.05) is 46.8 Å². The summed E-state index contributed by atoms with van der Waals surface area (Å²) in [6.45, 7) is 19.1. The minimum Gasteiger partial charge on any atom is -0.393 e. The maximum absolute atomic E-state index is 11.7. The molecule has 5 saturated carbocycles. The van der Waals surface area contributed by atoms with Crippen LogP contribution in [0.5, 0.6) is 0 Å². The van der Waals surface area contributed by atoms with E-state index in [0.717, 1.165) is 38.5 Å². The number of rotatable bonds is 4. The molecule has 3 N–H and O–H groups in total. The van der Waals surface area contributed by atoms with E-state index in [9.17, 15) is 19.5 Å². The van der Waals surface area contributed by atoms with Crippen LogP contribution in [-0.4, -0.2) is 27.6 Å². The molecular formula is C30H51O5P. The molecule has 5 nitrogen and oxygen atoms in total. The summed E-state index contributed by atoms with van der Waals surface area (Å²) in [5, 5.41) is 10.9. The van der Waals surface area contributed by atoms with Crippen LogP contribution in [0.2, 0.25) is 0 Å². The first-order valence-corrected chi connectivity index (χ1v) is 16.1. The number of aliphatic hydroxyl groups excluding tert-OH is 1. The average molecular weight is 523 g/mol. The Balaban J connectivity index is 1.52. The Bertz CT molecular complexity index is 957. The zero-order chi connectivity index (χ0) is 26.5. The second kappa shape index (κ2) is 8.40. The molecule has 0 bridgehead atoms. The Hall–Kier alpha value is -0.190. The second-order valence-corrected chi connectivity index (χ2v) is 16.4. The number of phosphoric acid groups is 1. The van der Waals surface area contributed by atoms with Crippen molar-refractivity contribution in [2.75, 3.05) is 6.61 Å². The lowest BCUT2D eigenvalue weighted by molar-refractivity contribution is -0.249. The van der Waals surface area contributed by atoms with E-state index in [1.54, 1.807) is 0 Å². The molecule has 0 aromatic heterocycles. The van der Waals surface area contributed by atoms with Crippen LogP contribution >= 0.6 is 7.82 Å². The molecule has 0 amide bonds. The number of aliphatic hydroxyl groups is 1. The van der Waals surface area contributed by atoms with Gasteiger partial charge in [0.1, 0.15) is 0 Å². The van der Waals surface area contributed by atoms with Crippen LogP contribution in [0.3, 0.4) is 0 Å². The van der Waals surface area contributed by atoms with Crippen LogP contribution in [0.25, 0.3) is 0 Å². The van der Waals surface area contributed by atoms with Crippen molar-refractivity contribution < 1.29 is 24.0 Å². The predicted molar refractivity (Wildman–Crippen MR) is 143 cm³/mol. The zero-order valence-electron chi connectivity index (χ0n) is 23.6. The highest BCUT2D eigenvalue weighted by molar-refractivity contribution is 7.46. The molecule has 5 aliphatic rings. The molecule has 206 valence electrons. The molecule has 0 heterocycles. The number of phosphoric ester groups is 1. The summed E-state index contributed by atoms with van der Waals surface area (Å²) in [4.78, 5) is 19.1. The van der Waals surface area contributed by atoms with E-state index < -0.39 is 7.82 Å². The molecule has 5 fully saturated rings. The second-order valence-electron chi connectivity index (χ2n) is 15.2. The van der Waals surface area contributed by atoms with Gasteiger partial charge in [0.25, 0.3) is 0 Å². The summed E-state index contributed by atoms with van der Waals surface area (Å²) in [5.74, 6) is 2.53. The summed E-state index contributed by atoms with van der Waals surface area (Å²) < 4.78 is 17.0. The van der Waals surface area contributed by atoms with Crippen LogP contribution in [0.1, 0.15) is 106 Å². The number of allylic oxidation sites excluding steroid dienone is 1. The standard InChI is InChI=1S/C30H51O5P/c1-19(2)20-10-15-30(18-35-36(32,33)34)17-16-28(6)21(25(20)30)8-9-23-27(5)13-12-24(31)26(3,4)22(27)11-14-29(23,28)7/h20-25,31H,1,8-18H2,2-7H3,(H2,32,33,34)/t20-,21+,22-,23+,24-,25+,27-,28+,29+,30+/m0/s1. The normalized spacial score (nSPS) is 52.0. The van der Waals surface area contributed by atoms with Crippen LogP contribution in [0, 0.1) is 56.7 Å². The van der Waals surface area contributed by atoms with Gasteiger partial charge in [0.15, 0.2) is 0 Å². The minimum absolute atomic E-state index is 0.0375. The molecule has 10 atom stereocenters. The molecule has 0 unspecified atom stereocenters. The van der Waals surface area contributed by atoms with Crippen LogP contribution in [-0.2, 0) is 9.09 Å². The van der Waals surface area contributed by atoms with Crippen LogP contribution < -0.4 is 0 Å². The first kappa shape index (κ1) is 27.4. The van der Waals surface area contributed by atoms with Gasteiger partial charge in [-0.2, -0.15) is 0 Å². The van der Waals surface area contributed by atoms with Crippen LogP contribution in [0.4, 0.5) is 0 Å². The van der Waals surface area contributed by atoms with Gasteiger partial charge < -0.3 is 14.9 Å². The van der Waals surface area contributed by atoms with Crippen LogP contribution in [0.15, 0.2) is 12.2 Å². The highest BCUT2D eigenvalue weighted by Gasteiger charge is 2.70. The SMILES string of the molecule is C=C(C)[C@@H]1CC[C@]2(COP(=O)(O)O)CC[C@]3(C)[C@H](CC[C@@H]4[C@@]5(C)CC[C@H](O)C(C)(C)[C@@H]5CC[C@]43C)[C@@H]12. The molecule has 0 spiro atoms. The molecule has 0 aromatic rings. The fourth-order valence-electron chi connectivity index (χ4n) is 11.7. The molecule has 0 aliphatic heterocycles. The van der Waals surface area contributed by atoms with Gasteiger partial charge in [-0.3, -0.25) is 4.52 Å². The van der Waals surface area contributed by atoms with Crippen molar-refractivity contribution >= 4 is 7.82 Å². The lowest BCUT2D eigenvalue weighted by Gasteiger charge is -2.73. The Kier molecular flexibility index (Phi) is 6.39. The summed E-state index contributed by atoms with van der Waals surface area (Å²) >= 11 is 0. The van der Waals surface area contributed by atoms with E-state index in [4.69, 9.17) is 4.52 Å². The van der Waals surface area contributed by atoms with Gasteiger partial charge in [0.2, 0.25) is 0 Å². The molecule has 0 radical (unpaired) electrons. The van der Waals surface area contributed by atoms with Crippen molar-refractivity contribution in [3.63, 3.8) is 0 Å². The van der Waals surface area contributed by atoms with E-state index in [-0.39, 0.29) is 39.8 Å². The Morgan fingerprint density at radius 3 is 2.22 bits per heavy atom. The first-order valence-electron chi connectivity index (χ1n) is 14.6. The highest BCUT2D eigenvalue weighted by Crippen LogP contribution is 2.77. The largest absolute Gasteiger partial charge is 0.469 e. The summed E-state index contributed by atoms with van der Waals surface area (Å²) in [5.41, 5.74) is 1.72. The lowest BCUT2D eigenvalue weighted by Crippen LogP contribution is -2.66. The third-order valence-electron chi connectivity index (χ3n) is 13.7. The summed E-state index contributed by atoms with van der Waals surface area (Å²) in [6, 6.07) is 0. The molecule has 36 heavy (non-hydrogen) atoms. The van der Waals surface area contributed by atoms with E-state index in [2.05, 4.69) is 48.1 Å². The van der Waals surface area contributed by atoms with Crippen molar-refractivity contribution in [3.05, 3.63) is 12.2 Å². The van der Waals surface area contributed by atoms with E-state index >= 15 is 0 Å². The zero-order valence-corrected chi connectivity index (χ0v) is 24.4.